The van der Waals surface area contributed by atoms with Crippen LogP contribution in [0.5, 0.6) is 0 Å². The summed E-state index contributed by atoms with van der Waals surface area (Å²) in [7, 11) is 0. The molecule has 1 saturated heterocycles. The van der Waals surface area contributed by atoms with Crippen LogP contribution in [0.3, 0.4) is 0 Å². The van der Waals surface area contributed by atoms with Gasteiger partial charge in [0.05, 0.1) is 5.92 Å². The Morgan fingerprint density at radius 3 is 2.76 bits per heavy atom. The number of carbonyl (C=O) groups is 1. The topological polar surface area (TPSA) is 44.4 Å². The van der Waals surface area contributed by atoms with Crippen molar-refractivity contribution >= 4 is 17.7 Å². The van der Waals surface area contributed by atoms with Crippen molar-refractivity contribution in [2.75, 3.05) is 38.5 Å². The summed E-state index contributed by atoms with van der Waals surface area (Å²) < 4.78 is 40.3. The van der Waals surface area contributed by atoms with Gasteiger partial charge in [-0.05, 0) is 23.8 Å². The van der Waals surface area contributed by atoms with Crippen LogP contribution < -0.4 is 10.6 Å². The van der Waals surface area contributed by atoms with Gasteiger partial charge in [0.15, 0.2) is 0 Å². The number of piperazine rings is 1. The van der Waals surface area contributed by atoms with Crippen LogP contribution in [0.15, 0.2) is 29.2 Å². The van der Waals surface area contributed by atoms with Crippen LogP contribution in [0.2, 0.25) is 0 Å². The number of hydrogen-bond acceptors (Lipinski definition) is 4. The second-order valence-electron chi connectivity index (χ2n) is 6.32. The molecule has 2 heterocycles. The molecule has 1 aromatic carbocycles. The highest BCUT2D eigenvalue weighted by atomic mass is 32.2. The molecule has 1 aromatic rings. The summed E-state index contributed by atoms with van der Waals surface area (Å²) in [6.07, 6.45) is -3.71. The van der Waals surface area contributed by atoms with Gasteiger partial charge in [0.1, 0.15) is 6.04 Å². The van der Waals surface area contributed by atoms with E-state index in [2.05, 4.69) is 10.6 Å². The molecule has 2 N–H and O–H groups in total. The van der Waals surface area contributed by atoms with Crippen molar-refractivity contribution in [3.8, 4) is 0 Å². The largest absolute Gasteiger partial charge is 0.405 e. The summed E-state index contributed by atoms with van der Waals surface area (Å²) >= 11 is 1.69. The molecule has 8 heteroatoms. The van der Waals surface area contributed by atoms with Gasteiger partial charge in [-0.2, -0.15) is 13.2 Å². The first-order valence-corrected chi connectivity index (χ1v) is 9.46. The number of rotatable bonds is 4. The molecule has 2 atom stereocenters. The summed E-state index contributed by atoms with van der Waals surface area (Å²) in [5.41, 5.74) is 0.919. The maximum atomic E-state index is 13.4. The van der Waals surface area contributed by atoms with E-state index in [-0.39, 0.29) is 11.8 Å². The van der Waals surface area contributed by atoms with Crippen molar-refractivity contribution < 1.29 is 18.0 Å². The van der Waals surface area contributed by atoms with E-state index in [1.807, 2.05) is 24.3 Å². The van der Waals surface area contributed by atoms with Gasteiger partial charge >= 0.3 is 6.18 Å². The lowest BCUT2D eigenvalue weighted by molar-refractivity contribution is -0.184. The summed E-state index contributed by atoms with van der Waals surface area (Å²) in [5, 5.41) is 5.62. The number of nitrogens with zero attached hydrogens (tertiary/aromatic N) is 1. The number of fused-ring (bicyclic) bond motifs is 1. The minimum absolute atomic E-state index is 0.308. The molecule has 3 rings (SSSR count). The van der Waals surface area contributed by atoms with Crippen LogP contribution >= 0.6 is 11.8 Å². The van der Waals surface area contributed by atoms with Crippen LogP contribution in [0.1, 0.15) is 17.9 Å². The van der Waals surface area contributed by atoms with Gasteiger partial charge in [-0.3, -0.25) is 9.69 Å². The molecule has 0 bridgehead atoms. The average molecular weight is 373 g/mol. The molecule has 0 radical (unpaired) electrons. The van der Waals surface area contributed by atoms with Crippen molar-refractivity contribution in [3.63, 3.8) is 0 Å². The SMILES string of the molecule is O=C(NCC(N1CCNCC1)C(F)(F)F)C1CCSc2ccccc21. The molecule has 0 aromatic heterocycles. The third-order valence-electron chi connectivity index (χ3n) is 4.71. The Morgan fingerprint density at radius 1 is 1.32 bits per heavy atom. The second-order valence-corrected chi connectivity index (χ2v) is 7.45. The molecule has 2 aliphatic heterocycles. The molecular weight excluding hydrogens is 351 g/mol. The van der Waals surface area contributed by atoms with Crippen molar-refractivity contribution in [2.24, 2.45) is 0 Å². The van der Waals surface area contributed by atoms with E-state index >= 15 is 0 Å². The minimum atomic E-state index is -4.36. The molecule has 0 saturated carbocycles. The fraction of sp³-hybridized carbons (Fsp3) is 0.588. The zero-order valence-corrected chi connectivity index (χ0v) is 14.6. The number of carbonyl (C=O) groups excluding carboxylic acids is 1. The van der Waals surface area contributed by atoms with Crippen LogP contribution in [-0.4, -0.2) is 61.5 Å². The van der Waals surface area contributed by atoms with Crippen molar-refractivity contribution in [3.05, 3.63) is 29.8 Å². The number of alkyl halides is 3. The highest BCUT2D eigenvalue weighted by Crippen LogP contribution is 2.37. The van der Waals surface area contributed by atoms with Crippen molar-refractivity contribution in [1.29, 1.82) is 0 Å². The standard InChI is InChI=1S/C17H22F3N3OS/c18-17(19,20)15(23-8-6-21-7-9-23)11-22-16(24)13-5-10-25-14-4-2-1-3-12(13)14/h1-4,13,15,21H,5-11H2,(H,22,24). The monoisotopic (exact) mass is 373 g/mol. The van der Waals surface area contributed by atoms with Gasteiger partial charge in [-0.25, -0.2) is 0 Å². The first kappa shape index (κ1) is 18.5. The summed E-state index contributed by atoms with van der Waals surface area (Å²) in [6, 6.07) is 5.99. The maximum Gasteiger partial charge on any atom is 0.405 e. The summed E-state index contributed by atoms with van der Waals surface area (Å²) in [4.78, 5) is 15.0. The van der Waals surface area contributed by atoms with Crippen molar-refractivity contribution in [1.82, 2.24) is 15.5 Å². The molecule has 2 aliphatic rings. The van der Waals surface area contributed by atoms with Crippen LogP contribution in [0, 0.1) is 0 Å². The van der Waals surface area contributed by atoms with Gasteiger partial charge in [0.25, 0.3) is 0 Å². The van der Waals surface area contributed by atoms with E-state index in [9.17, 15) is 18.0 Å². The number of benzene rings is 1. The molecule has 1 fully saturated rings. The highest BCUT2D eigenvalue weighted by molar-refractivity contribution is 7.99. The maximum absolute atomic E-state index is 13.4. The lowest BCUT2D eigenvalue weighted by atomic mass is 9.95. The van der Waals surface area contributed by atoms with Gasteiger partial charge in [0.2, 0.25) is 5.91 Å². The number of thioether (sulfide) groups is 1. The average Bonchev–Trinajstić information content (AvgIpc) is 2.61. The third kappa shape index (κ3) is 4.48. The summed E-state index contributed by atoms with van der Waals surface area (Å²) in [6.45, 7) is 1.35. The Balaban J connectivity index is 1.66. The first-order chi connectivity index (χ1) is 12.0. The number of hydrogen-bond donors (Lipinski definition) is 2. The van der Waals surface area contributed by atoms with E-state index in [4.69, 9.17) is 0 Å². The fourth-order valence-electron chi connectivity index (χ4n) is 3.38. The van der Waals surface area contributed by atoms with Crippen molar-refractivity contribution in [2.45, 2.75) is 29.5 Å². The molecule has 25 heavy (non-hydrogen) atoms. The zero-order valence-electron chi connectivity index (χ0n) is 13.8. The van der Waals surface area contributed by atoms with E-state index in [1.165, 1.54) is 4.90 Å². The molecule has 138 valence electrons. The predicted octanol–water partition coefficient (Wildman–Crippen LogP) is 2.22. The zero-order chi connectivity index (χ0) is 17.9. The third-order valence-corrected chi connectivity index (χ3v) is 5.84. The van der Waals surface area contributed by atoms with Gasteiger partial charge < -0.3 is 10.6 Å². The van der Waals surface area contributed by atoms with E-state index in [1.54, 1.807) is 11.8 Å². The van der Waals surface area contributed by atoms with Gasteiger partial charge in [-0.15, -0.1) is 11.8 Å². The Kier molecular flexibility index (Phi) is 5.91. The Bertz CT molecular complexity index is 605. The molecule has 0 aliphatic carbocycles. The summed E-state index contributed by atoms with van der Waals surface area (Å²) in [5.74, 6) is 0.127. The minimum Gasteiger partial charge on any atom is -0.354 e. The van der Waals surface area contributed by atoms with Crippen LogP contribution in [-0.2, 0) is 4.79 Å². The number of amides is 1. The number of nitrogens with one attached hydrogen (secondary N) is 2. The quantitative estimate of drug-likeness (QED) is 0.850. The Morgan fingerprint density at radius 2 is 2.04 bits per heavy atom. The molecular formula is C17H22F3N3OS. The second kappa shape index (κ2) is 7.97. The van der Waals surface area contributed by atoms with Gasteiger partial charge in [0, 0.05) is 37.6 Å². The smallest absolute Gasteiger partial charge is 0.354 e. The number of halogens is 3. The molecule has 2 unspecified atom stereocenters. The predicted molar refractivity (Wildman–Crippen MR) is 91.8 cm³/mol. The van der Waals surface area contributed by atoms with E-state index in [0.29, 0.717) is 32.6 Å². The van der Waals surface area contributed by atoms with Gasteiger partial charge in [-0.1, -0.05) is 18.2 Å². The first-order valence-electron chi connectivity index (χ1n) is 8.48. The normalized spacial score (nSPS) is 22.9. The molecule has 1 amide bonds. The lowest BCUT2D eigenvalue weighted by Crippen LogP contribution is -2.57. The Labute approximate surface area is 149 Å². The molecule has 4 nitrogen and oxygen atoms in total. The van der Waals surface area contributed by atoms with Crippen LogP contribution in [0.4, 0.5) is 13.2 Å². The lowest BCUT2D eigenvalue weighted by Gasteiger charge is -2.36. The molecule has 0 spiro atoms. The highest BCUT2D eigenvalue weighted by Gasteiger charge is 2.44. The fourth-order valence-corrected chi connectivity index (χ4v) is 4.51. The Hall–Kier alpha value is -1.25. The van der Waals surface area contributed by atoms with E-state index < -0.39 is 18.8 Å². The van der Waals surface area contributed by atoms with Crippen LogP contribution in [0.25, 0.3) is 0 Å². The van der Waals surface area contributed by atoms with E-state index in [0.717, 1.165) is 16.2 Å².